The van der Waals surface area contributed by atoms with Crippen molar-refractivity contribution < 1.29 is 4.79 Å². The first-order chi connectivity index (χ1) is 16.5. The highest BCUT2D eigenvalue weighted by Crippen LogP contribution is 2.44. The van der Waals surface area contributed by atoms with Gasteiger partial charge in [0.25, 0.3) is 5.91 Å². The third-order valence-electron chi connectivity index (χ3n) is 5.55. The first kappa shape index (κ1) is 23.0. The van der Waals surface area contributed by atoms with Crippen LogP contribution >= 0.6 is 11.3 Å². The molecule has 2 aromatic carbocycles. The predicted octanol–water partition coefficient (Wildman–Crippen LogP) is 5.95. The summed E-state index contributed by atoms with van der Waals surface area (Å²) >= 11 is 1.39. The van der Waals surface area contributed by atoms with Crippen molar-refractivity contribution in [3.63, 3.8) is 0 Å². The molecule has 0 fully saturated rings. The van der Waals surface area contributed by atoms with Crippen LogP contribution in [0.1, 0.15) is 34.0 Å². The van der Waals surface area contributed by atoms with Gasteiger partial charge in [0.1, 0.15) is 28.0 Å². The summed E-state index contributed by atoms with van der Waals surface area (Å²) in [6, 6.07) is 18.2. The summed E-state index contributed by atoms with van der Waals surface area (Å²) < 4.78 is 0.728. The number of nitrogens with one attached hydrogen (secondary N) is 2. The number of anilines is 3. The van der Waals surface area contributed by atoms with Crippen LogP contribution in [0.15, 0.2) is 61.2 Å². The van der Waals surface area contributed by atoms with Crippen LogP contribution in [0.5, 0.6) is 0 Å². The molecule has 1 amide bonds. The van der Waals surface area contributed by atoms with E-state index in [2.05, 4.69) is 47.3 Å². The molecule has 0 saturated heterocycles. The van der Waals surface area contributed by atoms with E-state index < -0.39 is 0 Å². The molecule has 6 nitrogen and oxygen atoms in total. The number of nitrogen functional groups attached to an aromatic ring is 1. The maximum absolute atomic E-state index is 13.2. The van der Waals surface area contributed by atoms with Crippen molar-refractivity contribution in [3.05, 3.63) is 83.4 Å². The first-order valence-corrected chi connectivity index (χ1v) is 11.8. The number of fused-ring (bicyclic) bond motifs is 1. The van der Waals surface area contributed by atoms with Crippen LogP contribution in [0.4, 0.5) is 16.5 Å². The van der Waals surface area contributed by atoms with Crippen molar-refractivity contribution >= 4 is 44.0 Å². The number of rotatable bonds is 7. The predicted molar refractivity (Wildman–Crippen MR) is 141 cm³/mol. The van der Waals surface area contributed by atoms with E-state index in [-0.39, 0.29) is 11.7 Å². The number of pyridine rings is 1. The Labute approximate surface area is 202 Å². The number of amides is 1. The highest BCUT2D eigenvalue weighted by molar-refractivity contribution is 7.24. The second kappa shape index (κ2) is 9.77. The van der Waals surface area contributed by atoms with Crippen molar-refractivity contribution in [1.29, 1.82) is 5.26 Å². The fraction of sp³-hybridized carbons (Fsp3) is 0.148. The minimum Gasteiger partial charge on any atom is -0.383 e. The lowest BCUT2D eigenvalue weighted by atomic mass is 9.99. The van der Waals surface area contributed by atoms with E-state index in [0.29, 0.717) is 33.8 Å². The number of aryl methyl sites for hydroxylation is 2. The molecule has 4 aromatic rings. The Morgan fingerprint density at radius 2 is 1.91 bits per heavy atom. The third kappa shape index (κ3) is 4.36. The topological polar surface area (TPSA) is 104 Å². The summed E-state index contributed by atoms with van der Waals surface area (Å²) in [6.07, 6.45) is 2.56. The van der Waals surface area contributed by atoms with E-state index >= 15 is 0 Å². The summed E-state index contributed by atoms with van der Waals surface area (Å²) in [4.78, 5) is 17.7. The number of carbonyl (C=O) groups is 1. The van der Waals surface area contributed by atoms with Gasteiger partial charge < -0.3 is 16.4 Å². The third-order valence-corrected chi connectivity index (χ3v) is 6.67. The fourth-order valence-electron chi connectivity index (χ4n) is 3.73. The van der Waals surface area contributed by atoms with Crippen LogP contribution in [0, 0.1) is 18.3 Å². The van der Waals surface area contributed by atoms with Gasteiger partial charge in [-0.3, -0.25) is 4.79 Å². The molecule has 0 radical (unpaired) electrons. The molecule has 0 bridgehead atoms. The van der Waals surface area contributed by atoms with Gasteiger partial charge in [-0.2, -0.15) is 5.26 Å². The number of aromatic nitrogens is 1. The Morgan fingerprint density at radius 3 is 2.53 bits per heavy atom. The molecule has 0 aliphatic rings. The highest BCUT2D eigenvalue weighted by atomic mass is 32.1. The first-order valence-electron chi connectivity index (χ1n) is 10.9. The molecular formula is C27H25N5OS. The molecule has 0 aliphatic carbocycles. The molecule has 0 aliphatic heterocycles. The summed E-state index contributed by atoms with van der Waals surface area (Å²) in [6.45, 7) is 8.11. The van der Waals surface area contributed by atoms with E-state index in [9.17, 15) is 10.1 Å². The zero-order valence-corrected chi connectivity index (χ0v) is 19.9. The van der Waals surface area contributed by atoms with Crippen molar-refractivity contribution in [3.8, 4) is 17.2 Å². The number of benzene rings is 2. The monoisotopic (exact) mass is 467 g/mol. The molecule has 2 heterocycles. The van der Waals surface area contributed by atoms with Gasteiger partial charge in [-0.05, 0) is 36.6 Å². The quantitative estimate of drug-likeness (QED) is 0.292. The Bertz CT molecular complexity index is 1410. The van der Waals surface area contributed by atoms with E-state index in [1.54, 1.807) is 6.08 Å². The molecule has 0 unspecified atom stereocenters. The minimum absolute atomic E-state index is 0.0972. The van der Waals surface area contributed by atoms with E-state index in [1.807, 2.05) is 43.3 Å². The SMILES string of the molecule is C=CCNC(=O)c1c(Nc2ccc(CC)cc2)sc2c(-c3ccc(C)cc3)c(C#N)c(N)nc12. The van der Waals surface area contributed by atoms with Crippen LogP contribution in [-0.4, -0.2) is 17.4 Å². The Kier molecular flexibility index (Phi) is 6.62. The second-order valence-corrected chi connectivity index (χ2v) is 8.90. The molecule has 0 spiro atoms. The minimum atomic E-state index is -0.287. The molecule has 170 valence electrons. The van der Waals surface area contributed by atoms with E-state index in [4.69, 9.17) is 5.73 Å². The van der Waals surface area contributed by atoms with Crippen LogP contribution in [0.3, 0.4) is 0 Å². The largest absolute Gasteiger partial charge is 0.383 e. The number of hydrogen-bond donors (Lipinski definition) is 3. The van der Waals surface area contributed by atoms with Gasteiger partial charge in [0, 0.05) is 17.8 Å². The standard InChI is InChI=1S/C27H25N5OS/c1-4-14-30-26(33)22-23-24(34-27(22)31-19-12-8-17(5-2)9-13-19)21(20(15-28)25(29)32-23)18-10-6-16(3)7-11-18/h4,6-13,31H,1,5,14H2,2-3H3,(H2,29,32)(H,30,33). The van der Waals surface area contributed by atoms with Crippen LogP contribution in [-0.2, 0) is 6.42 Å². The van der Waals surface area contributed by atoms with Gasteiger partial charge in [0.15, 0.2) is 0 Å². The molecule has 4 N–H and O–H groups in total. The average molecular weight is 468 g/mol. The summed E-state index contributed by atoms with van der Waals surface area (Å²) in [5.41, 5.74) is 12.1. The average Bonchev–Trinajstić information content (AvgIpc) is 3.19. The van der Waals surface area contributed by atoms with Gasteiger partial charge in [0.05, 0.1) is 10.2 Å². The molecule has 0 saturated carbocycles. The molecule has 7 heteroatoms. The van der Waals surface area contributed by atoms with Gasteiger partial charge in [-0.1, -0.05) is 55.0 Å². The van der Waals surface area contributed by atoms with Crippen LogP contribution in [0.25, 0.3) is 21.3 Å². The number of nitrogens with two attached hydrogens (primary N) is 1. The van der Waals surface area contributed by atoms with Crippen LogP contribution < -0.4 is 16.4 Å². The van der Waals surface area contributed by atoms with Crippen molar-refractivity contribution in [2.45, 2.75) is 20.3 Å². The summed E-state index contributed by atoms with van der Waals surface area (Å²) in [5, 5.41) is 16.8. The lowest BCUT2D eigenvalue weighted by Crippen LogP contribution is -2.23. The molecule has 2 aromatic heterocycles. The lowest BCUT2D eigenvalue weighted by molar-refractivity contribution is 0.0960. The number of nitriles is 1. The van der Waals surface area contributed by atoms with Gasteiger partial charge in [0.2, 0.25) is 0 Å². The number of thiophene rings is 1. The molecular weight excluding hydrogens is 442 g/mol. The lowest BCUT2D eigenvalue weighted by Gasteiger charge is -2.10. The zero-order chi connectivity index (χ0) is 24.2. The maximum Gasteiger partial charge on any atom is 0.256 e. The van der Waals surface area contributed by atoms with Crippen molar-refractivity contribution in [2.75, 3.05) is 17.6 Å². The number of carbonyl (C=O) groups excluding carboxylic acids is 1. The molecule has 34 heavy (non-hydrogen) atoms. The fourth-order valence-corrected chi connectivity index (χ4v) is 4.96. The van der Waals surface area contributed by atoms with Gasteiger partial charge >= 0.3 is 0 Å². The molecule has 0 atom stereocenters. The Hall–Kier alpha value is -4.15. The zero-order valence-electron chi connectivity index (χ0n) is 19.1. The summed E-state index contributed by atoms with van der Waals surface area (Å²) in [7, 11) is 0. The number of nitrogens with zero attached hydrogens (tertiary/aromatic N) is 2. The normalized spacial score (nSPS) is 10.6. The van der Waals surface area contributed by atoms with Gasteiger partial charge in [-0.15, -0.1) is 17.9 Å². The van der Waals surface area contributed by atoms with Crippen LogP contribution in [0.2, 0.25) is 0 Å². The highest BCUT2D eigenvalue weighted by Gasteiger charge is 2.26. The second-order valence-electron chi connectivity index (χ2n) is 7.88. The van der Waals surface area contributed by atoms with Crippen molar-refractivity contribution in [2.24, 2.45) is 0 Å². The maximum atomic E-state index is 13.2. The Balaban J connectivity index is 1.97. The Morgan fingerprint density at radius 1 is 1.21 bits per heavy atom. The van der Waals surface area contributed by atoms with Crippen molar-refractivity contribution in [1.82, 2.24) is 10.3 Å². The number of hydrogen-bond acceptors (Lipinski definition) is 6. The smallest absolute Gasteiger partial charge is 0.256 e. The summed E-state index contributed by atoms with van der Waals surface area (Å²) in [5.74, 6) is -0.190. The molecule has 4 rings (SSSR count). The van der Waals surface area contributed by atoms with Gasteiger partial charge in [-0.25, -0.2) is 4.98 Å². The van der Waals surface area contributed by atoms with E-state index in [1.165, 1.54) is 16.9 Å². The van der Waals surface area contributed by atoms with E-state index in [0.717, 1.165) is 27.9 Å².